The molecule has 0 saturated carbocycles. The van der Waals surface area contributed by atoms with Gasteiger partial charge in [-0.25, -0.2) is 9.97 Å². The van der Waals surface area contributed by atoms with Crippen LogP contribution in [0.4, 0.5) is 11.5 Å². The minimum atomic E-state index is -0.423. The van der Waals surface area contributed by atoms with Gasteiger partial charge in [-0.1, -0.05) is 30.3 Å². The van der Waals surface area contributed by atoms with Crippen LogP contribution in [-0.2, 0) is 0 Å². The minimum absolute atomic E-state index is 0.0377. The molecule has 2 heterocycles. The number of aromatic amines is 1. The van der Waals surface area contributed by atoms with Crippen molar-refractivity contribution in [3.05, 3.63) is 82.5 Å². The van der Waals surface area contributed by atoms with Gasteiger partial charge in [0.05, 0.1) is 10.3 Å². The van der Waals surface area contributed by atoms with Crippen LogP contribution in [0, 0.1) is 10.1 Å². The molecule has 0 radical (unpaired) electrons. The van der Waals surface area contributed by atoms with Gasteiger partial charge in [0, 0.05) is 29.9 Å². The van der Waals surface area contributed by atoms with Crippen LogP contribution < -0.4 is 5.32 Å². The van der Waals surface area contributed by atoms with E-state index in [1.54, 1.807) is 12.1 Å². The first-order chi connectivity index (χ1) is 13.1. The highest BCUT2D eigenvalue weighted by atomic mass is 16.6. The second-order valence-corrected chi connectivity index (χ2v) is 6.22. The second kappa shape index (κ2) is 6.87. The van der Waals surface area contributed by atoms with E-state index < -0.39 is 4.92 Å². The highest BCUT2D eigenvalue weighted by molar-refractivity contribution is 5.88. The number of H-pyrrole nitrogens is 1. The van der Waals surface area contributed by atoms with E-state index in [9.17, 15) is 10.1 Å². The van der Waals surface area contributed by atoms with Gasteiger partial charge in [-0.15, -0.1) is 0 Å². The molecule has 1 unspecified atom stereocenters. The van der Waals surface area contributed by atoms with Crippen LogP contribution in [0.1, 0.15) is 18.5 Å². The SMILES string of the molecule is CC(Nc1nc(-c2ccc([N+](=O)[O-])cc2)nc2[nH]ccc12)c1ccccc1. The Kier molecular flexibility index (Phi) is 4.25. The molecule has 0 spiro atoms. The van der Waals surface area contributed by atoms with Gasteiger partial charge in [0.1, 0.15) is 11.5 Å². The van der Waals surface area contributed by atoms with E-state index in [4.69, 9.17) is 0 Å². The summed E-state index contributed by atoms with van der Waals surface area (Å²) >= 11 is 0. The summed E-state index contributed by atoms with van der Waals surface area (Å²) < 4.78 is 0. The lowest BCUT2D eigenvalue weighted by Gasteiger charge is -2.16. The van der Waals surface area contributed by atoms with Crippen LogP contribution >= 0.6 is 0 Å². The van der Waals surface area contributed by atoms with Crippen molar-refractivity contribution in [3.63, 3.8) is 0 Å². The zero-order valence-corrected chi connectivity index (χ0v) is 14.6. The number of hydrogen-bond donors (Lipinski definition) is 2. The number of fused-ring (bicyclic) bond motifs is 1. The van der Waals surface area contributed by atoms with E-state index in [0.29, 0.717) is 22.9 Å². The Balaban J connectivity index is 1.72. The largest absolute Gasteiger partial charge is 0.363 e. The zero-order valence-electron chi connectivity index (χ0n) is 14.6. The van der Waals surface area contributed by atoms with E-state index in [1.165, 1.54) is 12.1 Å². The number of nitrogens with zero attached hydrogens (tertiary/aromatic N) is 3. The van der Waals surface area contributed by atoms with Crippen LogP contribution in [-0.4, -0.2) is 19.9 Å². The summed E-state index contributed by atoms with van der Waals surface area (Å²) in [7, 11) is 0. The molecule has 7 heteroatoms. The van der Waals surface area contributed by atoms with Crippen molar-refractivity contribution in [3.8, 4) is 11.4 Å². The van der Waals surface area contributed by atoms with Gasteiger partial charge in [0.2, 0.25) is 0 Å². The molecular weight excluding hydrogens is 342 g/mol. The topological polar surface area (TPSA) is 96.7 Å². The van der Waals surface area contributed by atoms with Crippen molar-refractivity contribution in [2.75, 3.05) is 5.32 Å². The molecule has 2 N–H and O–H groups in total. The van der Waals surface area contributed by atoms with Crippen molar-refractivity contribution in [1.82, 2.24) is 15.0 Å². The van der Waals surface area contributed by atoms with Gasteiger partial charge >= 0.3 is 0 Å². The molecule has 1 atom stereocenters. The van der Waals surface area contributed by atoms with Crippen LogP contribution in [0.25, 0.3) is 22.4 Å². The van der Waals surface area contributed by atoms with E-state index in [2.05, 4.69) is 39.3 Å². The van der Waals surface area contributed by atoms with Crippen LogP contribution in [0.15, 0.2) is 66.9 Å². The van der Waals surface area contributed by atoms with Crippen molar-refractivity contribution in [1.29, 1.82) is 0 Å². The molecule has 2 aromatic carbocycles. The summed E-state index contributed by atoms with van der Waals surface area (Å²) in [4.78, 5) is 22.8. The lowest BCUT2D eigenvalue weighted by atomic mass is 10.1. The number of aromatic nitrogens is 3. The molecule has 0 bridgehead atoms. The molecule has 0 fully saturated rings. The lowest BCUT2D eigenvalue weighted by Crippen LogP contribution is -2.09. The molecule has 27 heavy (non-hydrogen) atoms. The molecule has 0 aliphatic carbocycles. The van der Waals surface area contributed by atoms with Crippen molar-refractivity contribution < 1.29 is 4.92 Å². The Hall–Kier alpha value is -3.74. The van der Waals surface area contributed by atoms with Gasteiger partial charge < -0.3 is 10.3 Å². The van der Waals surface area contributed by atoms with Gasteiger partial charge in [-0.05, 0) is 30.7 Å². The van der Waals surface area contributed by atoms with Gasteiger partial charge in [-0.3, -0.25) is 10.1 Å². The molecule has 0 aliphatic heterocycles. The monoisotopic (exact) mass is 359 g/mol. The summed E-state index contributed by atoms with van der Waals surface area (Å²) in [6.07, 6.45) is 1.82. The second-order valence-electron chi connectivity index (χ2n) is 6.22. The smallest absolute Gasteiger partial charge is 0.269 e. The fraction of sp³-hybridized carbons (Fsp3) is 0.100. The predicted octanol–water partition coefficient (Wildman–Crippen LogP) is 4.71. The molecule has 7 nitrogen and oxygen atoms in total. The van der Waals surface area contributed by atoms with Gasteiger partial charge in [0.15, 0.2) is 5.82 Å². The fourth-order valence-electron chi connectivity index (χ4n) is 2.94. The fourth-order valence-corrected chi connectivity index (χ4v) is 2.94. The molecule has 134 valence electrons. The Morgan fingerprint density at radius 3 is 2.48 bits per heavy atom. The first-order valence-corrected chi connectivity index (χ1v) is 8.53. The highest BCUT2D eigenvalue weighted by Crippen LogP contribution is 2.28. The van der Waals surface area contributed by atoms with Crippen LogP contribution in [0.5, 0.6) is 0 Å². The van der Waals surface area contributed by atoms with Gasteiger partial charge in [0.25, 0.3) is 5.69 Å². The Morgan fingerprint density at radius 1 is 1.04 bits per heavy atom. The van der Waals surface area contributed by atoms with Crippen LogP contribution in [0.3, 0.4) is 0 Å². The summed E-state index contributed by atoms with van der Waals surface area (Å²) in [5, 5.41) is 15.2. The predicted molar refractivity (Wildman–Crippen MR) is 104 cm³/mol. The summed E-state index contributed by atoms with van der Waals surface area (Å²) in [6.45, 7) is 2.07. The van der Waals surface area contributed by atoms with E-state index in [-0.39, 0.29) is 11.7 Å². The normalized spacial score (nSPS) is 12.0. The molecular formula is C20H17N5O2. The number of rotatable bonds is 5. The summed E-state index contributed by atoms with van der Waals surface area (Å²) in [5.74, 6) is 1.22. The number of nitrogens with one attached hydrogen (secondary N) is 2. The van der Waals surface area contributed by atoms with Gasteiger partial charge in [-0.2, -0.15) is 0 Å². The van der Waals surface area contributed by atoms with Crippen molar-refractivity contribution >= 4 is 22.5 Å². The van der Waals surface area contributed by atoms with E-state index in [0.717, 1.165) is 10.9 Å². The first kappa shape index (κ1) is 16.7. The average molecular weight is 359 g/mol. The third-order valence-electron chi connectivity index (χ3n) is 4.40. The highest BCUT2D eigenvalue weighted by Gasteiger charge is 2.14. The molecule has 2 aromatic heterocycles. The standard InChI is InChI=1S/C20H17N5O2/c1-13(14-5-3-2-4-6-14)22-20-17-11-12-21-19(17)23-18(24-20)15-7-9-16(10-8-15)25(26)27/h2-13H,1H3,(H2,21,22,23,24). The van der Waals surface area contributed by atoms with Crippen LogP contribution in [0.2, 0.25) is 0 Å². The maximum atomic E-state index is 10.9. The number of nitro groups is 1. The first-order valence-electron chi connectivity index (χ1n) is 8.53. The Morgan fingerprint density at radius 2 is 1.78 bits per heavy atom. The summed E-state index contributed by atoms with van der Waals surface area (Å²) in [5.41, 5.74) is 2.61. The Labute approximate surface area is 155 Å². The molecule has 0 aliphatic rings. The molecule has 4 aromatic rings. The van der Waals surface area contributed by atoms with Crippen molar-refractivity contribution in [2.45, 2.75) is 13.0 Å². The molecule has 0 saturated heterocycles. The number of anilines is 1. The third kappa shape index (κ3) is 3.35. The number of benzene rings is 2. The lowest BCUT2D eigenvalue weighted by molar-refractivity contribution is -0.384. The maximum absolute atomic E-state index is 10.9. The third-order valence-corrected chi connectivity index (χ3v) is 4.40. The zero-order chi connectivity index (χ0) is 18.8. The maximum Gasteiger partial charge on any atom is 0.269 e. The average Bonchev–Trinajstić information content (AvgIpc) is 3.17. The number of nitro benzene ring substituents is 1. The summed E-state index contributed by atoms with van der Waals surface area (Å²) in [6, 6.07) is 18.3. The van der Waals surface area contributed by atoms with Crippen molar-refractivity contribution in [2.24, 2.45) is 0 Å². The van der Waals surface area contributed by atoms with E-state index in [1.807, 2.05) is 30.5 Å². The molecule has 4 rings (SSSR count). The quantitative estimate of drug-likeness (QED) is 0.397. The Bertz CT molecular complexity index is 1090. The number of hydrogen-bond acceptors (Lipinski definition) is 5. The molecule has 0 amide bonds. The minimum Gasteiger partial charge on any atom is -0.363 e. The number of non-ortho nitro benzene ring substituents is 1. The van der Waals surface area contributed by atoms with E-state index >= 15 is 0 Å².